The zero-order chi connectivity index (χ0) is 13.7. The molecule has 2 rings (SSSR count). The van der Waals surface area contributed by atoms with Crippen LogP contribution in [0, 0.1) is 5.92 Å². The first-order chi connectivity index (χ1) is 9.19. The van der Waals surface area contributed by atoms with E-state index in [1.54, 1.807) is 0 Å². The van der Waals surface area contributed by atoms with Crippen molar-refractivity contribution < 1.29 is 0 Å². The molecule has 0 bridgehead atoms. The monoisotopic (exact) mass is 267 g/mol. The Balaban J connectivity index is 1.63. The Morgan fingerprint density at radius 2 is 1.84 bits per heavy atom. The van der Waals surface area contributed by atoms with Crippen LogP contribution in [0.3, 0.4) is 0 Å². The quantitative estimate of drug-likeness (QED) is 0.796. The molecule has 1 atom stereocenters. The third-order valence-electron chi connectivity index (χ3n) is 4.83. The van der Waals surface area contributed by atoms with Gasteiger partial charge in [0.15, 0.2) is 0 Å². The highest BCUT2D eigenvalue weighted by molar-refractivity contribution is 4.83. The SMILES string of the molecule is CCCNC1CCN(CC2CCN(C(C)C)C2)CC1. The second kappa shape index (κ2) is 7.61. The first-order valence-electron chi connectivity index (χ1n) is 8.38. The molecule has 2 saturated heterocycles. The lowest BCUT2D eigenvalue weighted by molar-refractivity contribution is 0.168. The van der Waals surface area contributed by atoms with Gasteiger partial charge in [-0.15, -0.1) is 0 Å². The van der Waals surface area contributed by atoms with E-state index in [1.807, 2.05) is 0 Å². The molecule has 3 nitrogen and oxygen atoms in total. The summed E-state index contributed by atoms with van der Waals surface area (Å²) in [6.07, 6.45) is 5.36. The van der Waals surface area contributed by atoms with Crippen LogP contribution in [0.15, 0.2) is 0 Å². The van der Waals surface area contributed by atoms with Gasteiger partial charge in [0.05, 0.1) is 0 Å². The van der Waals surface area contributed by atoms with Crippen LogP contribution in [0.2, 0.25) is 0 Å². The Bertz CT molecular complexity index is 246. The van der Waals surface area contributed by atoms with Crippen molar-refractivity contribution in [2.45, 2.75) is 58.5 Å². The second-order valence-corrected chi connectivity index (χ2v) is 6.77. The largest absolute Gasteiger partial charge is 0.314 e. The molecule has 0 aliphatic carbocycles. The maximum Gasteiger partial charge on any atom is 0.00914 e. The van der Waals surface area contributed by atoms with E-state index in [0.29, 0.717) is 0 Å². The molecule has 3 heteroatoms. The highest BCUT2D eigenvalue weighted by Crippen LogP contribution is 2.21. The van der Waals surface area contributed by atoms with Gasteiger partial charge in [0.1, 0.15) is 0 Å². The molecular formula is C16H33N3. The van der Waals surface area contributed by atoms with Crippen LogP contribution in [0.5, 0.6) is 0 Å². The molecule has 2 aliphatic heterocycles. The van der Waals surface area contributed by atoms with Crippen molar-refractivity contribution in [3.8, 4) is 0 Å². The van der Waals surface area contributed by atoms with Gasteiger partial charge in [-0.25, -0.2) is 0 Å². The van der Waals surface area contributed by atoms with Crippen LogP contribution in [0.25, 0.3) is 0 Å². The molecule has 0 radical (unpaired) electrons. The third kappa shape index (κ3) is 4.73. The van der Waals surface area contributed by atoms with Crippen LogP contribution < -0.4 is 5.32 Å². The lowest BCUT2D eigenvalue weighted by Crippen LogP contribution is -2.44. The van der Waals surface area contributed by atoms with Crippen molar-refractivity contribution in [3.63, 3.8) is 0 Å². The summed E-state index contributed by atoms with van der Waals surface area (Å²) in [4.78, 5) is 5.35. The minimum atomic E-state index is 0.731. The average molecular weight is 267 g/mol. The first-order valence-corrected chi connectivity index (χ1v) is 8.38. The summed E-state index contributed by atoms with van der Waals surface area (Å²) in [7, 11) is 0. The molecule has 0 spiro atoms. The second-order valence-electron chi connectivity index (χ2n) is 6.77. The fourth-order valence-electron chi connectivity index (χ4n) is 3.51. The summed E-state index contributed by atoms with van der Waals surface area (Å²) in [5, 5.41) is 3.67. The van der Waals surface area contributed by atoms with E-state index in [2.05, 4.69) is 35.9 Å². The molecule has 2 heterocycles. The predicted octanol–water partition coefficient (Wildman–Crippen LogP) is 2.18. The van der Waals surface area contributed by atoms with Gasteiger partial charge in [-0.05, 0) is 71.6 Å². The van der Waals surface area contributed by atoms with Crippen LogP contribution >= 0.6 is 0 Å². The Morgan fingerprint density at radius 3 is 2.42 bits per heavy atom. The lowest BCUT2D eigenvalue weighted by Gasteiger charge is -2.34. The summed E-state index contributed by atoms with van der Waals surface area (Å²) >= 11 is 0. The summed E-state index contributed by atoms with van der Waals surface area (Å²) in [5.41, 5.74) is 0. The number of nitrogens with one attached hydrogen (secondary N) is 1. The van der Waals surface area contributed by atoms with Gasteiger partial charge in [-0.2, -0.15) is 0 Å². The minimum absolute atomic E-state index is 0.731. The molecule has 2 aliphatic rings. The Morgan fingerprint density at radius 1 is 1.11 bits per heavy atom. The molecule has 0 amide bonds. The number of piperidine rings is 1. The number of hydrogen-bond donors (Lipinski definition) is 1. The van der Waals surface area contributed by atoms with Gasteiger partial charge >= 0.3 is 0 Å². The van der Waals surface area contributed by atoms with Gasteiger partial charge in [-0.3, -0.25) is 0 Å². The fourth-order valence-corrected chi connectivity index (χ4v) is 3.51. The molecule has 0 aromatic heterocycles. The van der Waals surface area contributed by atoms with Crippen molar-refractivity contribution >= 4 is 0 Å². The fraction of sp³-hybridized carbons (Fsp3) is 1.00. The Labute approximate surface area is 119 Å². The summed E-state index contributed by atoms with van der Waals surface area (Å²) in [6.45, 7) is 14.7. The minimum Gasteiger partial charge on any atom is -0.314 e. The zero-order valence-electron chi connectivity index (χ0n) is 13.2. The van der Waals surface area contributed by atoms with E-state index in [4.69, 9.17) is 0 Å². The molecule has 0 aromatic carbocycles. The van der Waals surface area contributed by atoms with E-state index in [-0.39, 0.29) is 0 Å². The highest BCUT2D eigenvalue weighted by atomic mass is 15.2. The van der Waals surface area contributed by atoms with Gasteiger partial charge in [0.2, 0.25) is 0 Å². The molecule has 0 aromatic rings. The predicted molar refractivity (Wildman–Crippen MR) is 82.6 cm³/mol. The Hall–Kier alpha value is -0.120. The van der Waals surface area contributed by atoms with Crippen molar-refractivity contribution in [2.75, 3.05) is 39.3 Å². The number of likely N-dealkylation sites (tertiary alicyclic amines) is 2. The van der Waals surface area contributed by atoms with Crippen LogP contribution in [0.4, 0.5) is 0 Å². The number of nitrogens with zero attached hydrogens (tertiary/aromatic N) is 2. The van der Waals surface area contributed by atoms with E-state index >= 15 is 0 Å². The van der Waals surface area contributed by atoms with Crippen LogP contribution in [0.1, 0.15) is 46.5 Å². The van der Waals surface area contributed by atoms with Crippen molar-refractivity contribution in [2.24, 2.45) is 5.92 Å². The molecule has 19 heavy (non-hydrogen) atoms. The van der Waals surface area contributed by atoms with Crippen molar-refractivity contribution in [1.29, 1.82) is 0 Å². The van der Waals surface area contributed by atoms with Gasteiger partial charge in [0, 0.05) is 25.2 Å². The molecule has 1 N–H and O–H groups in total. The van der Waals surface area contributed by atoms with Gasteiger partial charge in [-0.1, -0.05) is 6.92 Å². The molecule has 112 valence electrons. The number of hydrogen-bond acceptors (Lipinski definition) is 3. The maximum atomic E-state index is 3.67. The zero-order valence-corrected chi connectivity index (χ0v) is 13.2. The van der Waals surface area contributed by atoms with E-state index in [0.717, 1.165) is 18.0 Å². The van der Waals surface area contributed by atoms with E-state index in [1.165, 1.54) is 65.0 Å². The van der Waals surface area contributed by atoms with Gasteiger partial charge < -0.3 is 15.1 Å². The smallest absolute Gasteiger partial charge is 0.00914 e. The third-order valence-corrected chi connectivity index (χ3v) is 4.83. The summed E-state index contributed by atoms with van der Waals surface area (Å²) in [5.74, 6) is 0.919. The topological polar surface area (TPSA) is 18.5 Å². The Kier molecular flexibility index (Phi) is 6.11. The first kappa shape index (κ1) is 15.3. The highest BCUT2D eigenvalue weighted by Gasteiger charge is 2.27. The molecular weight excluding hydrogens is 234 g/mol. The summed E-state index contributed by atoms with van der Waals surface area (Å²) in [6, 6.07) is 1.51. The maximum absolute atomic E-state index is 3.67. The van der Waals surface area contributed by atoms with E-state index < -0.39 is 0 Å². The number of rotatable bonds is 6. The normalized spacial score (nSPS) is 27.5. The van der Waals surface area contributed by atoms with E-state index in [9.17, 15) is 0 Å². The molecule has 2 fully saturated rings. The van der Waals surface area contributed by atoms with Gasteiger partial charge in [0.25, 0.3) is 0 Å². The van der Waals surface area contributed by atoms with Crippen molar-refractivity contribution in [3.05, 3.63) is 0 Å². The summed E-state index contributed by atoms with van der Waals surface area (Å²) < 4.78 is 0. The molecule has 1 unspecified atom stereocenters. The molecule has 0 saturated carbocycles. The standard InChI is InChI=1S/C16H33N3/c1-4-8-17-16-6-9-18(10-7-16)12-15-5-11-19(13-15)14(2)3/h14-17H,4-13H2,1-3H3. The van der Waals surface area contributed by atoms with Crippen LogP contribution in [-0.4, -0.2) is 61.2 Å². The van der Waals surface area contributed by atoms with Crippen LogP contribution in [-0.2, 0) is 0 Å². The average Bonchev–Trinajstić information content (AvgIpc) is 2.87. The van der Waals surface area contributed by atoms with Crippen molar-refractivity contribution in [1.82, 2.24) is 15.1 Å². The lowest BCUT2D eigenvalue weighted by atomic mass is 10.0.